The van der Waals surface area contributed by atoms with Crippen molar-refractivity contribution < 1.29 is 14.3 Å². The molecule has 2 aromatic heterocycles. The standard InChI is InChI=1S/C23H25N7O3/c1-14-19(12-25-21-20(14)24-8-10-33-21)30-9-7-15-11-26-22(29-18(15)13-30)27-16-3-5-17(6-4-16)28-23(31)32-2/h3-6,11-12,24H,7-10,13H2,1-2H3,(H,28,31)(H,26,27,29). The van der Waals surface area contributed by atoms with Crippen LogP contribution in [-0.4, -0.2) is 47.9 Å². The van der Waals surface area contributed by atoms with E-state index in [0.29, 0.717) is 30.7 Å². The highest BCUT2D eigenvalue weighted by Crippen LogP contribution is 2.36. The van der Waals surface area contributed by atoms with Gasteiger partial charge in [-0.25, -0.2) is 19.7 Å². The number of hydrogen-bond acceptors (Lipinski definition) is 9. The number of ether oxygens (including phenoxy) is 2. The second-order valence-electron chi connectivity index (χ2n) is 7.88. The molecule has 4 heterocycles. The van der Waals surface area contributed by atoms with Crippen LogP contribution >= 0.6 is 0 Å². The Kier molecular flexibility index (Phi) is 5.55. The molecule has 0 spiro atoms. The molecule has 0 saturated carbocycles. The van der Waals surface area contributed by atoms with Crippen molar-refractivity contribution in [1.82, 2.24) is 15.0 Å². The van der Waals surface area contributed by atoms with Crippen LogP contribution in [0.25, 0.3) is 0 Å². The zero-order chi connectivity index (χ0) is 22.8. The zero-order valence-electron chi connectivity index (χ0n) is 18.5. The van der Waals surface area contributed by atoms with E-state index in [1.165, 1.54) is 7.11 Å². The predicted octanol–water partition coefficient (Wildman–Crippen LogP) is 3.47. The van der Waals surface area contributed by atoms with Gasteiger partial charge in [-0.2, -0.15) is 0 Å². The first-order valence-corrected chi connectivity index (χ1v) is 10.8. The van der Waals surface area contributed by atoms with Gasteiger partial charge in [0, 0.05) is 36.2 Å². The van der Waals surface area contributed by atoms with Crippen LogP contribution in [0.15, 0.2) is 36.7 Å². The van der Waals surface area contributed by atoms with Crippen LogP contribution in [-0.2, 0) is 17.7 Å². The van der Waals surface area contributed by atoms with Crippen molar-refractivity contribution in [3.05, 3.63) is 53.5 Å². The monoisotopic (exact) mass is 447 g/mol. The molecule has 0 aliphatic carbocycles. The maximum absolute atomic E-state index is 11.3. The minimum absolute atomic E-state index is 0.508. The summed E-state index contributed by atoms with van der Waals surface area (Å²) < 4.78 is 10.3. The second-order valence-corrected chi connectivity index (χ2v) is 7.88. The fourth-order valence-electron chi connectivity index (χ4n) is 4.03. The number of carbonyl (C=O) groups excluding carboxylic acids is 1. The van der Waals surface area contributed by atoms with E-state index in [1.807, 2.05) is 24.5 Å². The number of nitrogens with zero attached hydrogens (tertiary/aromatic N) is 4. The minimum atomic E-state index is -0.508. The zero-order valence-corrected chi connectivity index (χ0v) is 18.5. The van der Waals surface area contributed by atoms with Crippen LogP contribution in [0, 0.1) is 6.92 Å². The first-order chi connectivity index (χ1) is 16.1. The van der Waals surface area contributed by atoms with E-state index in [2.05, 4.69) is 42.5 Å². The van der Waals surface area contributed by atoms with E-state index in [0.717, 1.165) is 53.4 Å². The van der Waals surface area contributed by atoms with Crippen LogP contribution in [0.4, 0.5) is 33.5 Å². The molecule has 0 radical (unpaired) electrons. The van der Waals surface area contributed by atoms with E-state index >= 15 is 0 Å². The molecular formula is C23H25N7O3. The lowest BCUT2D eigenvalue weighted by Crippen LogP contribution is -2.32. The summed E-state index contributed by atoms with van der Waals surface area (Å²) >= 11 is 0. The van der Waals surface area contributed by atoms with Crippen LogP contribution < -0.4 is 25.6 Å². The quantitative estimate of drug-likeness (QED) is 0.553. The Morgan fingerprint density at radius 2 is 2.00 bits per heavy atom. The Bertz CT molecular complexity index is 1180. The number of amides is 1. The van der Waals surface area contributed by atoms with Crippen LogP contribution in [0.2, 0.25) is 0 Å². The molecule has 10 nitrogen and oxygen atoms in total. The molecule has 10 heteroatoms. The molecular weight excluding hydrogens is 422 g/mol. The fourth-order valence-corrected chi connectivity index (χ4v) is 4.03. The minimum Gasteiger partial charge on any atom is -0.474 e. The van der Waals surface area contributed by atoms with Crippen LogP contribution in [0.1, 0.15) is 16.8 Å². The summed E-state index contributed by atoms with van der Waals surface area (Å²) in [6, 6.07) is 7.25. The molecule has 0 bridgehead atoms. The first-order valence-electron chi connectivity index (χ1n) is 10.8. The van der Waals surface area contributed by atoms with Gasteiger partial charge >= 0.3 is 6.09 Å². The highest BCUT2D eigenvalue weighted by molar-refractivity contribution is 5.84. The predicted molar refractivity (Wildman–Crippen MR) is 125 cm³/mol. The molecule has 170 valence electrons. The number of hydrogen-bond donors (Lipinski definition) is 3. The maximum Gasteiger partial charge on any atom is 0.411 e. The van der Waals surface area contributed by atoms with Crippen molar-refractivity contribution in [2.75, 3.05) is 47.7 Å². The van der Waals surface area contributed by atoms with Gasteiger partial charge in [-0.1, -0.05) is 0 Å². The van der Waals surface area contributed by atoms with Gasteiger partial charge in [-0.3, -0.25) is 5.32 Å². The number of methoxy groups -OCH3 is 1. The fraction of sp³-hybridized carbons (Fsp3) is 0.304. The van der Waals surface area contributed by atoms with E-state index in [1.54, 1.807) is 12.1 Å². The summed E-state index contributed by atoms with van der Waals surface area (Å²) in [6.07, 6.45) is 4.13. The molecule has 3 N–H and O–H groups in total. The van der Waals surface area contributed by atoms with Crippen LogP contribution in [0.5, 0.6) is 5.88 Å². The van der Waals surface area contributed by atoms with E-state index in [-0.39, 0.29) is 0 Å². The van der Waals surface area contributed by atoms with Gasteiger partial charge in [0.2, 0.25) is 11.8 Å². The lowest BCUT2D eigenvalue weighted by atomic mass is 10.0. The molecule has 0 fully saturated rings. The Balaban J connectivity index is 1.32. The van der Waals surface area contributed by atoms with Crippen molar-refractivity contribution in [3.8, 4) is 5.88 Å². The van der Waals surface area contributed by atoms with Gasteiger partial charge in [-0.05, 0) is 43.2 Å². The second kappa shape index (κ2) is 8.81. The molecule has 0 unspecified atom stereocenters. The molecule has 3 aromatic rings. The average molecular weight is 447 g/mol. The smallest absolute Gasteiger partial charge is 0.411 e. The SMILES string of the molecule is COC(=O)Nc1ccc(Nc2ncc3c(n2)CN(c2cnc4c(c2C)NCCO4)CC3)cc1. The number of aromatic nitrogens is 3. The Labute approximate surface area is 191 Å². The lowest BCUT2D eigenvalue weighted by molar-refractivity contribution is 0.187. The topological polar surface area (TPSA) is 114 Å². The van der Waals surface area contributed by atoms with Crippen LogP contribution in [0.3, 0.4) is 0 Å². The Morgan fingerprint density at radius 1 is 1.18 bits per heavy atom. The molecule has 2 aliphatic rings. The summed E-state index contributed by atoms with van der Waals surface area (Å²) in [6.45, 7) is 5.06. The normalized spacial score (nSPS) is 14.3. The lowest BCUT2D eigenvalue weighted by Gasteiger charge is -2.32. The largest absolute Gasteiger partial charge is 0.474 e. The molecule has 33 heavy (non-hydrogen) atoms. The number of anilines is 5. The molecule has 2 aliphatic heterocycles. The van der Waals surface area contributed by atoms with Crippen molar-refractivity contribution in [2.24, 2.45) is 0 Å². The number of benzene rings is 1. The summed E-state index contributed by atoms with van der Waals surface area (Å²) in [5.41, 5.74) is 6.79. The number of pyridine rings is 1. The van der Waals surface area contributed by atoms with Crippen molar-refractivity contribution in [1.29, 1.82) is 0 Å². The number of nitrogens with one attached hydrogen (secondary N) is 3. The molecule has 1 amide bonds. The Hall–Kier alpha value is -4.08. The number of carbonyl (C=O) groups is 1. The molecule has 0 saturated heterocycles. The summed E-state index contributed by atoms with van der Waals surface area (Å²) in [5, 5.41) is 9.26. The third kappa shape index (κ3) is 4.32. The highest BCUT2D eigenvalue weighted by Gasteiger charge is 2.24. The Morgan fingerprint density at radius 3 is 2.82 bits per heavy atom. The average Bonchev–Trinajstić information content (AvgIpc) is 2.85. The third-order valence-corrected chi connectivity index (χ3v) is 5.78. The summed E-state index contributed by atoms with van der Waals surface area (Å²) in [5.74, 6) is 1.20. The van der Waals surface area contributed by atoms with Gasteiger partial charge < -0.3 is 25.0 Å². The van der Waals surface area contributed by atoms with Crippen molar-refractivity contribution >= 4 is 34.8 Å². The van der Waals surface area contributed by atoms with Gasteiger partial charge in [0.1, 0.15) is 12.3 Å². The molecule has 0 atom stereocenters. The molecule has 5 rings (SSSR count). The highest BCUT2D eigenvalue weighted by atomic mass is 16.5. The number of fused-ring (bicyclic) bond motifs is 2. The molecule has 1 aromatic carbocycles. The third-order valence-electron chi connectivity index (χ3n) is 5.78. The van der Waals surface area contributed by atoms with E-state index in [4.69, 9.17) is 9.72 Å². The van der Waals surface area contributed by atoms with Gasteiger partial charge in [-0.15, -0.1) is 0 Å². The first kappa shape index (κ1) is 20.8. The van der Waals surface area contributed by atoms with Gasteiger partial charge in [0.05, 0.1) is 31.2 Å². The van der Waals surface area contributed by atoms with Crippen molar-refractivity contribution in [2.45, 2.75) is 19.9 Å². The van der Waals surface area contributed by atoms with E-state index < -0.39 is 6.09 Å². The summed E-state index contributed by atoms with van der Waals surface area (Å²) in [4.78, 5) is 27.4. The van der Waals surface area contributed by atoms with Crippen molar-refractivity contribution in [3.63, 3.8) is 0 Å². The maximum atomic E-state index is 11.3. The number of rotatable bonds is 4. The summed E-state index contributed by atoms with van der Waals surface area (Å²) in [7, 11) is 1.33. The van der Waals surface area contributed by atoms with Gasteiger partial charge in [0.25, 0.3) is 0 Å². The van der Waals surface area contributed by atoms with Gasteiger partial charge in [0.15, 0.2) is 0 Å². The van der Waals surface area contributed by atoms with E-state index in [9.17, 15) is 4.79 Å².